The Kier molecular flexibility index (Phi) is 7.63. The third-order valence-corrected chi connectivity index (χ3v) is 6.82. The first-order chi connectivity index (χ1) is 16.8. The number of carbonyl (C=O) groups is 2. The lowest BCUT2D eigenvalue weighted by molar-refractivity contribution is -0.384. The van der Waals surface area contributed by atoms with Gasteiger partial charge in [-0.25, -0.2) is 4.90 Å². The highest BCUT2D eigenvalue weighted by Gasteiger charge is 2.36. The monoisotopic (exact) mass is 622 g/mol. The first-order valence-electron chi connectivity index (χ1n) is 10.0. The van der Waals surface area contributed by atoms with Gasteiger partial charge in [0.2, 0.25) is 0 Å². The van der Waals surface area contributed by atoms with Crippen molar-refractivity contribution in [2.24, 2.45) is 0 Å². The van der Waals surface area contributed by atoms with Gasteiger partial charge in [-0.2, -0.15) is 0 Å². The number of non-ortho nitro benzene ring substituents is 1. The van der Waals surface area contributed by atoms with Gasteiger partial charge in [-0.1, -0.05) is 29.8 Å². The number of hydrogen-bond donors (Lipinski definition) is 0. The quantitative estimate of drug-likeness (QED) is 0.125. The molecular formula is C24H16ClIN2O6S. The average Bonchev–Trinajstić information content (AvgIpc) is 3.10. The Hall–Kier alpha value is -3.09. The largest absolute Gasteiger partial charge is 0.493 e. The lowest BCUT2D eigenvalue weighted by Crippen LogP contribution is -2.27. The molecule has 8 nitrogen and oxygen atoms in total. The normalized spacial score (nSPS) is 14.5. The van der Waals surface area contributed by atoms with Crippen LogP contribution in [0.1, 0.15) is 11.1 Å². The summed E-state index contributed by atoms with van der Waals surface area (Å²) in [5.41, 5.74) is 1.66. The Balaban J connectivity index is 1.57. The number of methoxy groups -OCH3 is 1. The van der Waals surface area contributed by atoms with E-state index in [-0.39, 0.29) is 17.2 Å². The smallest absolute Gasteiger partial charge is 0.298 e. The third kappa shape index (κ3) is 5.60. The second-order valence-corrected chi connectivity index (χ2v) is 9.84. The molecule has 1 saturated heterocycles. The fourth-order valence-electron chi connectivity index (χ4n) is 3.34. The highest BCUT2D eigenvalue weighted by atomic mass is 127. The predicted molar refractivity (Wildman–Crippen MR) is 143 cm³/mol. The van der Waals surface area contributed by atoms with Crippen LogP contribution in [-0.2, 0) is 11.4 Å². The second kappa shape index (κ2) is 10.7. The third-order valence-electron chi connectivity index (χ3n) is 4.91. The number of anilines is 1. The van der Waals surface area contributed by atoms with Gasteiger partial charge in [0, 0.05) is 17.2 Å². The topological polar surface area (TPSA) is 99.0 Å². The molecule has 0 bridgehead atoms. The maximum absolute atomic E-state index is 12.9. The first kappa shape index (κ1) is 25.0. The molecule has 0 radical (unpaired) electrons. The van der Waals surface area contributed by atoms with Crippen LogP contribution in [0, 0.1) is 13.7 Å². The van der Waals surface area contributed by atoms with Gasteiger partial charge in [0.15, 0.2) is 11.5 Å². The van der Waals surface area contributed by atoms with E-state index < -0.39 is 16.1 Å². The molecule has 0 spiro atoms. The van der Waals surface area contributed by atoms with Crippen LogP contribution in [0.2, 0.25) is 5.02 Å². The van der Waals surface area contributed by atoms with Crippen LogP contribution in [0.5, 0.6) is 11.5 Å². The summed E-state index contributed by atoms with van der Waals surface area (Å²) in [5, 5.41) is 11.0. The number of hydrogen-bond acceptors (Lipinski definition) is 7. The molecule has 3 aromatic rings. The molecule has 11 heteroatoms. The van der Waals surface area contributed by atoms with Crippen LogP contribution in [0.3, 0.4) is 0 Å². The maximum Gasteiger partial charge on any atom is 0.298 e. The van der Waals surface area contributed by atoms with Gasteiger partial charge >= 0.3 is 0 Å². The Morgan fingerprint density at radius 1 is 1.14 bits per heavy atom. The molecule has 0 aliphatic carbocycles. The van der Waals surface area contributed by atoms with Crippen LogP contribution < -0.4 is 14.4 Å². The zero-order chi connectivity index (χ0) is 25.1. The molecule has 3 aromatic carbocycles. The number of benzene rings is 3. The number of carbonyl (C=O) groups excluding carboxylic acids is 2. The van der Waals surface area contributed by atoms with Crippen LogP contribution in [0.15, 0.2) is 65.6 Å². The molecule has 0 aromatic heterocycles. The molecule has 1 heterocycles. The van der Waals surface area contributed by atoms with Gasteiger partial charge in [-0.15, -0.1) is 0 Å². The summed E-state index contributed by atoms with van der Waals surface area (Å²) in [6.07, 6.45) is 1.62. The fraction of sp³-hybridized carbons (Fsp3) is 0.0833. The molecule has 0 N–H and O–H groups in total. The Morgan fingerprint density at radius 3 is 2.63 bits per heavy atom. The number of imide groups is 1. The second-order valence-electron chi connectivity index (χ2n) is 7.25. The van der Waals surface area contributed by atoms with E-state index in [0.717, 1.165) is 16.7 Å². The molecule has 0 saturated carbocycles. The van der Waals surface area contributed by atoms with Crippen molar-refractivity contribution in [2.45, 2.75) is 6.61 Å². The van der Waals surface area contributed by atoms with Gasteiger partial charge in [-0.3, -0.25) is 19.7 Å². The fourth-order valence-corrected chi connectivity index (χ4v) is 5.14. The minimum atomic E-state index is -0.462. The van der Waals surface area contributed by atoms with Gasteiger partial charge in [0.25, 0.3) is 16.8 Å². The van der Waals surface area contributed by atoms with Gasteiger partial charge < -0.3 is 9.47 Å². The van der Waals surface area contributed by atoms with Crippen LogP contribution in [-0.4, -0.2) is 23.2 Å². The highest BCUT2D eigenvalue weighted by Crippen LogP contribution is 2.39. The number of nitro benzene ring substituents is 1. The molecule has 0 unspecified atom stereocenters. The predicted octanol–water partition coefficient (Wildman–Crippen LogP) is 6.68. The summed E-state index contributed by atoms with van der Waals surface area (Å²) in [6.45, 7) is 0.103. The Labute approximate surface area is 223 Å². The molecule has 1 fully saturated rings. The standard InChI is InChI=1S/C24H16ClIN2O6S/c1-33-20-10-15(9-19(26)22(20)34-13-14-4-2-7-18(8-14)28(31)32)11-21-23(29)27(24(30)35-21)17-6-3-5-16(25)12-17/h2-12H,13H2,1H3/b21-11+. The Morgan fingerprint density at radius 2 is 1.91 bits per heavy atom. The van der Waals surface area contributed by atoms with Crippen molar-refractivity contribution in [1.29, 1.82) is 0 Å². The lowest BCUT2D eigenvalue weighted by atomic mass is 10.1. The van der Waals surface area contributed by atoms with E-state index in [1.54, 1.807) is 54.6 Å². The Bertz CT molecular complexity index is 1380. The van der Waals surface area contributed by atoms with Gasteiger partial charge in [-0.05, 0) is 81.9 Å². The van der Waals surface area contributed by atoms with Crippen molar-refractivity contribution in [3.05, 3.63) is 95.4 Å². The van der Waals surface area contributed by atoms with Crippen molar-refractivity contribution >= 4 is 74.6 Å². The van der Waals surface area contributed by atoms with E-state index >= 15 is 0 Å². The highest BCUT2D eigenvalue weighted by molar-refractivity contribution is 14.1. The van der Waals surface area contributed by atoms with E-state index in [0.29, 0.717) is 36.9 Å². The molecular weight excluding hydrogens is 607 g/mol. The number of amides is 2. The summed E-state index contributed by atoms with van der Waals surface area (Å²) in [7, 11) is 1.49. The number of thioether (sulfide) groups is 1. The molecule has 1 aliphatic rings. The van der Waals surface area contributed by atoms with Crippen molar-refractivity contribution in [3.63, 3.8) is 0 Å². The summed E-state index contributed by atoms with van der Waals surface area (Å²) < 4.78 is 12.1. The number of ether oxygens (including phenoxy) is 2. The van der Waals surface area contributed by atoms with Gasteiger partial charge in [0.1, 0.15) is 6.61 Å². The summed E-state index contributed by atoms with van der Waals surface area (Å²) in [4.78, 5) is 37.4. The molecule has 35 heavy (non-hydrogen) atoms. The number of halogens is 2. The zero-order valence-corrected chi connectivity index (χ0v) is 21.8. The summed E-state index contributed by atoms with van der Waals surface area (Å²) in [5.74, 6) is 0.439. The molecule has 2 amide bonds. The zero-order valence-electron chi connectivity index (χ0n) is 18.1. The lowest BCUT2D eigenvalue weighted by Gasteiger charge is -2.14. The van der Waals surface area contributed by atoms with E-state index in [2.05, 4.69) is 22.6 Å². The van der Waals surface area contributed by atoms with Crippen molar-refractivity contribution in [3.8, 4) is 11.5 Å². The van der Waals surface area contributed by atoms with Crippen molar-refractivity contribution < 1.29 is 24.0 Å². The van der Waals surface area contributed by atoms with E-state index in [9.17, 15) is 19.7 Å². The maximum atomic E-state index is 12.9. The number of nitro groups is 1. The van der Waals surface area contributed by atoms with E-state index in [1.807, 2.05) is 0 Å². The van der Waals surface area contributed by atoms with Gasteiger partial charge in [0.05, 0.1) is 26.2 Å². The molecule has 0 atom stereocenters. The summed E-state index contributed by atoms with van der Waals surface area (Å²) in [6, 6.07) is 16.2. The van der Waals surface area contributed by atoms with Crippen molar-refractivity contribution in [1.82, 2.24) is 0 Å². The van der Waals surface area contributed by atoms with Crippen molar-refractivity contribution in [2.75, 3.05) is 12.0 Å². The minimum Gasteiger partial charge on any atom is -0.493 e. The molecule has 178 valence electrons. The van der Waals surface area contributed by atoms with Crippen LogP contribution in [0.25, 0.3) is 6.08 Å². The average molecular weight is 623 g/mol. The van der Waals surface area contributed by atoms with Crippen LogP contribution in [0.4, 0.5) is 16.2 Å². The van der Waals surface area contributed by atoms with Crippen LogP contribution >= 0.6 is 46.0 Å². The minimum absolute atomic E-state index is 0.0187. The first-order valence-corrected chi connectivity index (χ1v) is 12.3. The number of rotatable bonds is 7. The summed E-state index contributed by atoms with van der Waals surface area (Å²) >= 11 is 8.93. The van der Waals surface area contributed by atoms with E-state index in [4.69, 9.17) is 21.1 Å². The molecule has 4 rings (SSSR count). The van der Waals surface area contributed by atoms with E-state index in [1.165, 1.54) is 19.2 Å². The SMILES string of the molecule is COc1cc(/C=C2/SC(=O)N(c3cccc(Cl)c3)C2=O)cc(I)c1OCc1cccc([N+](=O)[O-])c1. The molecule has 1 aliphatic heterocycles. The number of nitrogens with zero attached hydrogens (tertiary/aromatic N) is 2.